The van der Waals surface area contributed by atoms with Crippen molar-refractivity contribution in [2.45, 2.75) is 44.6 Å². The zero-order valence-corrected chi connectivity index (χ0v) is 11.2. The Hall–Kier alpha value is -0.830. The third-order valence-corrected chi connectivity index (χ3v) is 5.20. The minimum Gasteiger partial charge on any atom is -0.352 e. The van der Waals surface area contributed by atoms with E-state index in [9.17, 15) is 0 Å². The van der Waals surface area contributed by atoms with Crippen molar-refractivity contribution >= 4 is 17.4 Å². The van der Waals surface area contributed by atoms with E-state index in [1.165, 1.54) is 37.7 Å². The molecule has 2 saturated carbocycles. The van der Waals surface area contributed by atoms with Crippen LogP contribution in [0.1, 0.15) is 37.7 Å². The Kier molecular flexibility index (Phi) is 2.51. The zero-order valence-electron chi connectivity index (χ0n) is 10.5. The van der Waals surface area contributed by atoms with E-state index in [4.69, 9.17) is 11.6 Å². The Bertz CT molecular complexity index is 464. The second kappa shape index (κ2) is 4.09. The number of halogens is 1. The summed E-state index contributed by atoms with van der Waals surface area (Å²) in [5.41, 5.74) is 1.29. The molecule has 18 heavy (non-hydrogen) atoms. The molecule has 1 aliphatic heterocycles. The number of fused-ring (bicyclic) bond motifs is 3. The molecule has 0 amide bonds. The lowest BCUT2D eigenvalue weighted by Crippen LogP contribution is -2.38. The van der Waals surface area contributed by atoms with Crippen molar-refractivity contribution in [1.29, 1.82) is 0 Å². The summed E-state index contributed by atoms with van der Waals surface area (Å²) in [6.07, 6.45) is 8.18. The Balaban J connectivity index is 1.60. The smallest absolute Gasteiger partial charge is 0.154 e. The van der Waals surface area contributed by atoms with Crippen LogP contribution in [0.2, 0.25) is 5.15 Å². The number of aromatic nitrogens is 2. The molecule has 4 rings (SSSR count). The van der Waals surface area contributed by atoms with Gasteiger partial charge in [0.15, 0.2) is 11.0 Å². The minimum absolute atomic E-state index is 0.527. The van der Waals surface area contributed by atoms with Gasteiger partial charge in [0.1, 0.15) is 0 Å². The average Bonchev–Trinajstić information content (AvgIpc) is 2.92. The van der Waals surface area contributed by atoms with Gasteiger partial charge in [-0.15, -0.1) is 10.2 Å². The highest BCUT2D eigenvalue weighted by atomic mass is 35.5. The van der Waals surface area contributed by atoms with Crippen LogP contribution in [0.15, 0.2) is 6.07 Å². The summed E-state index contributed by atoms with van der Waals surface area (Å²) >= 11 is 5.92. The van der Waals surface area contributed by atoms with Crippen LogP contribution in [0.5, 0.6) is 0 Å². The Labute approximate surface area is 113 Å². The number of rotatable bonds is 1. The van der Waals surface area contributed by atoms with Crippen molar-refractivity contribution in [3.63, 3.8) is 0 Å². The van der Waals surface area contributed by atoms with Crippen LogP contribution in [0.3, 0.4) is 0 Å². The monoisotopic (exact) mass is 263 g/mol. The largest absolute Gasteiger partial charge is 0.352 e. The maximum absolute atomic E-state index is 5.92. The molecule has 0 spiro atoms. The van der Waals surface area contributed by atoms with Crippen LogP contribution in [-0.2, 0) is 6.42 Å². The molecular formula is C14H18ClN3. The molecule has 3 atom stereocenters. The summed E-state index contributed by atoms with van der Waals surface area (Å²) in [6.45, 7) is 1.11. The SMILES string of the molecule is Clc1cc2c(nn1)N(C1CC3CC[C@@H](C3)C1)CC2. The molecule has 2 unspecified atom stereocenters. The molecule has 0 saturated heterocycles. The van der Waals surface area contributed by atoms with E-state index >= 15 is 0 Å². The number of anilines is 1. The first-order chi connectivity index (χ1) is 8.79. The van der Waals surface area contributed by atoms with Crippen molar-refractivity contribution in [3.8, 4) is 0 Å². The normalized spacial score (nSPS) is 33.8. The molecule has 3 nitrogen and oxygen atoms in total. The molecule has 96 valence electrons. The van der Waals surface area contributed by atoms with Crippen LogP contribution in [0, 0.1) is 11.8 Å². The van der Waals surface area contributed by atoms with Crippen molar-refractivity contribution in [2.24, 2.45) is 11.8 Å². The predicted octanol–water partition coefficient (Wildman–Crippen LogP) is 3.07. The standard InChI is InChI=1S/C14H18ClN3/c15-13-8-11-3-4-18(14(11)17-16-13)12-6-9-1-2-10(5-9)7-12/h8-10,12H,1-7H2/t9-,10?,12?/m0/s1. The Morgan fingerprint density at radius 3 is 2.67 bits per heavy atom. The fourth-order valence-electron chi connectivity index (χ4n) is 4.25. The fraction of sp³-hybridized carbons (Fsp3) is 0.714. The molecule has 4 heteroatoms. The van der Waals surface area contributed by atoms with Crippen LogP contribution >= 0.6 is 11.6 Å². The summed E-state index contributed by atoms with van der Waals surface area (Å²) in [5.74, 6) is 3.04. The molecule has 3 aliphatic rings. The molecule has 2 aliphatic carbocycles. The van der Waals surface area contributed by atoms with Crippen LogP contribution < -0.4 is 4.90 Å². The second-order valence-corrected chi connectivity index (χ2v) is 6.52. The lowest BCUT2D eigenvalue weighted by molar-refractivity contribution is 0.308. The van der Waals surface area contributed by atoms with Gasteiger partial charge in [0.25, 0.3) is 0 Å². The molecule has 0 N–H and O–H groups in total. The van der Waals surface area contributed by atoms with Crippen molar-refractivity contribution in [3.05, 3.63) is 16.8 Å². The summed E-state index contributed by atoms with van der Waals surface area (Å²) in [5, 5.41) is 8.88. The summed E-state index contributed by atoms with van der Waals surface area (Å²) < 4.78 is 0. The molecular weight excluding hydrogens is 246 g/mol. The third kappa shape index (κ3) is 1.71. The van der Waals surface area contributed by atoms with E-state index in [2.05, 4.69) is 15.1 Å². The van der Waals surface area contributed by atoms with Crippen LogP contribution in [0.25, 0.3) is 0 Å². The number of hydrogen-bond acceptors (Lipinski definition) is 3. The minimum atomic E-state index is 0.527. The summed E-state index contributed by atoms with van der Waals surface area (Å²) in [7, 11) is 0. The molecule has 2 fully saturated rings. The molecule has 0 radical (unpaired) electrons. The van der Waals surface area contributed by atoms with Crippen LogP contribution in [0.4, 0.5) is 5.82 Å². The highest BCUT2D eigenvalue weighted by Gasteiger charge is 2.38. The van der Waals surface area contributed by atoms with Gasteiger partial charge in [-0.25, -0.2) is 0 Å². The van der Waals surface area contributed by atoms with Gasteiger partial charge in [0.2, 0.25) is 0 Å². The van der Waals surface area contributed by atoms with E-state index in [1.54, 1.807) is 0 Å². The van der Waals surface area contributed by atoms with Gasteiger partial charge in [-0.05, 0) is 43.6 Å². The van der Waals surface area contributed by atoms with E-state index in [-0.39, 0.29) is 0 Å². The third-order valence-electron chi connectivity index (χ3n) is 5.02. The summed E-state index contributed by atoms with van der Waals surface area (Å²) in [6, 6.07) is 2.69. The van der Waals surface area contributed by atoms with Gasteiger partial charge < -0.3 is 4.90 Å². The van der Waals surface area contributed by atoms with Crippen molar-refractivity contribution in [1.82, 2.24) is 10.2 Å². The van der Waals surface area contributed by atoms with Crippen molar-refractivity contribution < 1.29 is 0 Å². The maximum atomic E-state index is 5.92. The first-order valence-corrected chi connectivity index (χ1v) is 7.46. The lowest BCUT2D eigenvalue weighted by atomic mass is 9.85. The van der Waals surface area contributed by atoms with E-state index in [1.807, 2.05) is 6.07 Å². The fourth-order valence-corrected chi connectivity index (χ4v) is 4.42. The first kappa shape index (κ1) is 11.0. The molecule has 0 aromatic carbocycles. The van der Waals surface area contributed by atoms with Gasteiger partial charge in [-0.1, -0.05) is 24.4 Å². The Morgan fingerprint density at radius 1 is 1.11 bits per heavy atom. The predicted molar refractivity (Wildman–Crippen MR) is 71.9 cm³/mol. The van der Waals surface area contributed by atoms with Crippen LogP contribution in [-0.4, -0.2) is 22.8 Å². The van der Waals surface area contributed by atoms with Gasteiger partial charge >= 0.3 is 0 Å². The van der Waals surface area contributed by atoms with E-state index < -0.39 is 0 Å². The van der Waals surface area contributed by atoms with E-state index in [0.717, 1.165) is 30.6 Å². The highest BCUT2D eigenvalue weighted by Crippen LogP contribution is 2.45. The zero-order chi connectivity index (χ0) is 12.1. The topological polar surface area (TPSA) is 29.0 Å². The Morgan fingerprint density at radius 2 is 1.89 bits per heavy atom. The highest BCUT2D eigenvalue weighted by molar-refractivity contribution is 6.29. The van der Waals surface area contributed by atoms with Crippen molar-refractivity contribution in [2.75, 3.05) is 11.4 Å². The summed E-state index contributed by atoms with van der Waals surface area (Å²) in [4.78, 5) is 2.50. The van der Waals surface area contributed by atoms with Gasteiger partial charge in [0.05, 0.1) is 0 Å². The lowest BCUT2D eigenvalue weighted by Gasteiger charge is -2.35. The van der Waals surface area contributed by atoms with Gasteiger partial charge in [-0.2, -0.15) is 0 Å². The molecule has 1 aromatic heterocycles. The molecule has 1 aromatic rings. The average molecular weight is 264 g/mol. The van der Waals surface area contributed by atoms with E-state index in [0.29, 0.717) is 11.2 Å². The second-order valence-electron chi connectivity index (χ2n) is 6.13. The molecule has 2 heterocycles. The number of hydrogen-bond donors (Lipinski definition) is 0. The first-order valence-electron chi connectivity index (χ1n) is 7.08. The molecule has 2 bridgehead atoms. The quantitative estimate of drug-likeness (QED) is 0.780. The van der Waals surface area contributed by atoms with Gasteiger partial charge in [-0.3, -0.25) is 0 Å². The van der Waals surface area contributed by atoms with Gasteiger partial charge in [0, 0.05) is 18.2 Å². The number of nitrogens with zero attached hydrogens (tertiary/aromatic N) is 3. The maximum Gasteiger partial charge on any atom is 0.154 e.